The molecule has 0 aliphatic rings. The first-order valence-electron chi connectivity index (χ1n) is 4.73. The Labute approximate surface area is 101 Å². The lowest BCUT2D eigenvalue weighted by molar-refractivity contribution is 0.110. The van der Waals surface area contributed by atoms with E-state index < -0.39 is 5.56 Å². The Bertz CT molecular complexity index is 368. The van der Waals surface area contributed by atoms with E-state index in [1.165, 1.54) is 7.11 Å². The Hall–Kier alpha value is -1.20. The number of nitrogens with zero attached hydrogens (tertiary/aromatic N) is 1. The second-order valence-electron chi connectivity index (χ2n) is 3.40. The molecule has 1 atom stereocenters. The molecule has 5 heteroatoms. The van der Waals surface area contributed by atoms with Gasteiger partial charge in [0.25, 0.3) is 0 Å². The van der Waals surface area contributed by atoms with Crippen molar-refractivity contribution in [1.82, 2.24) is 4.90 Å². The van der Waals surface area contributed by atoms with Gasteiger partial charge in [-0.05, 0) is 26.2 Å². The lowest BCUT2D eigenvalue weighted by Gasteiger charge is -2.22. The highest BCUT2D eigenvalue weighted by Crippen LogP contribution is 2.31. The van der Waals surface area contributed by atoms with Crippen LogP contribution in [0.25, 0.3) is 0 Å². The molecule has 0 saturated heterocycles. The van der Waals surface area contributed by atoms with Crippen LogP contribution in [0, 0.1) is 0 Å². The van der Waals surface area contributed by atoms with Crippen LogP contribution >= 0.6 is 12.6 Å². The summed E-state index contributed by atoms with van der Waals surface area (Å²) in [5, 5.41) is 0. The molecule has 16 heavy (non-hydrogen) atoms. The number of aldehydes is 1. The van der Waals surface area contributed by atoms with E-state index in [1.807, 2.05) is 14.1 Å². The quantitative estimate of drug-likeness (QED) is 0.483. The van der Waals surface area contributed by atoms with E-state index in [0.717, 1.165) is 6.29 Å². The van der Waals surface area contributed by atoms with Crippen LogP contribution in [0.15, 0.2) is 18.2 Å². The largest absolute Gasteiger partial charge is 0.493 e. The van der Waals surface area contributed by atoms with E-state index in [2.05, 4.69) is 12.6 Å². The number of thiol groups is 1. The van der Waals surface area contributed by atoms with E-state index in [4.69, 9.17) is 9.47 Å². The van der Waals surface area contributed by atoms with Gasteiger partial charge >= 0.3 is 0 Å². The molecule has 0 aromatic heterocycles. The number of para-hydroxylation sites is 1. The molecule has 0 amide bonds. The van der Waals surface area contributed by atoms with Gasteiger partial charge in [0.1, 0.15) is 0 Å². The maximum atomic E-state index is 10.9. The summed E-state index contributed by atoms with van der Waals surface area (Å²) in [5.74, 6) is 0.930. The molecule has 0 aliphatic heterocycles. The minimum atomic E-state index is -0.435. The molecule has 0 saturated carbocycles. The summed E-state index contributed by atoms with van der Waals surface area (Å²) >= 11 is 4.24. The van der Waals surface area contributed by atoms with Gasteiger partial charge in [0.2, 0.25) is 0 Å². The summed E-state index contributed by atoms with van der Waals surface area (Å²) < 4.78 is 10.7. The second-order valence-corrected chi connectivity index (χ2v) is 3.85. The minimum absolute atomic E-state index is 0.411. The van der Waals surface area contributed by atoms with E-state index >= 15 is 0 Å². The fourth-order valence-electron chi connectivity index (χ4n) is 1.12. The summed E-state index contributed by atoms with van der Waals surface area (Å²) in [6, 6.07) is 5.14. The molecule has 1 unspecified atom stereocenters. The molecule has 0 N–H and O–H groups in total. The van der Waals surface area contributed by atoms with Crippen molar-refractivity contribution < 1.29 is 14.3 Å². The van der Waals surface area contributed by atoms with Crippen LogP contribution in [0.1, 0.15) is 10.4 Å². The first-order valence-corrected chi connectivity index (χ1v) is 5.25. The van der Waals surface area contributed by atoms with Crippen molar-refractivity contribution >= 4 is 18.9 Å². The third kappa shape index (κ3) is 2.90. The Morgan fingerprint density at radius 2 is 2.12 bits per heavy atom. The number of methoxy groups -OCH3 is 1. The first kappa shape index (κ1) is 12.9. The molecule has 1 aromatic rings. The normalized spacial score (nSPS) is 12.3. The molecule has 0 bridgehead atoms. The van der Waals surface area contributed by atoms with Crippen molar-refractivity contribution in [3.05, 3.63) is 23.8 Å². The van der Waals surface area contributed by atoms with Crippen molar-refractivity contribution in [3.63, 3.8) is 0 Å². The number of rotatable bonds is 5. The number of carbonyl (C=O) groups is 1. The Kier molecular flexibility index (Phi) is 4.64. The fraction of sp³-hybridized carbons (Fsp3) is 0.364. The van der Waals surface area contributed by atoms with Crippen molar-refractivity contribution in [2.75, 3.05) is 21.2 Å². The highest BCUT2D eigenvalue weighted by molar-refractivity contribution is 7.80. The third-order valence-electron chi connectivity index (χ3n) is 2.02. The van der Waals surface area contributed by atoms with Crippen LogP contribution in [-0.4, -0.2) is 38.0 Å². The monoisotopic (exact) mass is 241 g/mol. The summed E-state index contributed by atoms with van der Waals surface area (Å²) in [5.41, 5.74) is 0.00949. The third-order valence-corrected chi connectivity index (χ3v) is 2.59. The lowest BCUT2D eigenvalue weighted by Crippen LogP contribution is -2.28. The molecule has 0 aliphatic carbocycles. The average Bonchev–Trinajstić information content (AvgIpc) is 2.29. The molecule has 88 valence electrons. The van der Waals surface area contributed by atoms with E-state index in [0.29, 0.717) is 17.1 Å². The number of benzene rings is 1. The fourth-order valence-corrected chi connectivity index (χ4v) is 1.23. The molecule has 1 aromatic carbocycles. The zero-order valence-electron chi connectivity index (χ0n) is 9.51. The minimum Gasteiger partial charge on any atom is -0.493 e. The van der Waals surface area contributed by atoms with Crippen molar-refractivity contribution in [2.45, 2.75) is 5.56 Å². The summed E-state index contributed by atoms with van der Waals surface area (Å²) in [6.45, 7) is 0. The van der Waals surface area contributed by atoms with Crippen LogP contribution in [0.3, 0.4) is 0 Å². The highest BCUT2D eigenvalue weighted by Gasteiger charge is 2.15. The summed E-state index contributed by atoms with van der Waals surface area (Å²) in [4.78, 5) is 12.6. The predicted molar refractivity (Wildman–Crippen MR) is 65.5 cm³/mol. The molecule has 0 radical (unpaired) electrons. The first-order chi connectivity index (χ1) is 7.60. The van der Waals surface area contributed by atoms with E-state index in [-0.39, 0.29) is 0 Å². The molecule has 0 spiro atoms. The number of hydrogen-bond acceptors (Lipinski definition) is 5. The summed E-state index contributed by atoms with van der Waals surface area (Å²) in [6.07, 6.45) is 0.730. The molecular weight excluding hydrogens is 226 g/mol. The Morgan fingerprint density at radius 3 is 2.62 bits per heavy atom. The van der Waals surface area contributed by atoms with Crippen molar-refractivity contribution in [1.29, 1.82) is 0 Å². The second kappa shape index (κ2) is 5.77. The Morgan fingerprint density at radius 1 is 1.44 bits per heavy atom. The number of hydrogen-bond donors (Lipinski definition) is 1. The van der Waals surface area contributed by atoms with Gasteiger partial charge in [-0.3, -0.25) is 9.69 Å². The smallest absolute Gasteiger partial charge is 0.198 e. The van der Waals surface area contributed by atoms with Gasteiger partial charge in [0.15, 0.2) is 23.3 Å². The zero-order chi connectivity index (χ0) is 12.1. The van der Waals surface area contributed by atoms with Gasteiger partial charge in [-0.15, -0.1) is 12.6 Å². The van der Waals surface area contributed by atoms with Crippen LogP contribution < -0.4 is 9.47 Å². The van der Waals surface area contributed by atoms with Crippen LogP contribution in [-0.2, 0) is 0 Å². The molecule has 1 rings (SSSR count). The molecule has 4 nitrogen and oxygen atoms in total. The predicted octanol–water partition coefficient (Wildman–Crippen LogP) is 1.66. The van der Waals surface area contributed by atoms with E-state index in [9.17, 15) is 4.79 Å². The standard InChI is InChI=1S/C11H15NO3S/c1-12(2)11(16)15-10-8(7-13)5-4-6-9(10)14-3/h4-7,11,16H,1-3H3. The maximum absolute atomic E-state index is 10.9. The molecular formula is C11H15NO3S. The van der Waals surface area contributed by atoms with Gasteiger partial charge in [-0.2, -0.15) is 0 Å². The van der Waals surface area contributed by atoms with E-state index in [1.54, 1.807) is 23.1 Å². The maximum Gasteiger partial charge on any atom is 0.198 e. The van der Waals surface area contributed by atoms with Gasteiger partial charge in [-0.1, -0.05) is 6.07 Å². The average molecular weight is 241 g/mol. The van der Waals surface area contributed by atoms with Crippen LogP contribution in [0.5, 0.6) is 11.5 Å². The van der Waals surface area contributed by atoms with Crippen molar-refractivity contribution in [3.8, 4) is 11.5 Å². The van der Waals surface area contributed by atoms with Gasteiger partial charge in [0, 0.05) is 0 Å². The van der Waals surface area contributed by atoms with Gasteiger partial charge < -0.3 is 9.47 Å². The number of ether oxygens (including phenoxy) is 2. The Balaban J connectivity index is 3.04. The number of carbonyl (C=O) groups excluding carboxylic acids is 1. The van der Waals surface area contributed by atoms with Gasteiger partial charge in [-0.25, -0.2) is 0 Å². The summed E-state index contributed by atoms with van der Waals surface area (Å²) in [7, 11) is 5.18. The SMILES string of the molecule is COc1cccc(C=O)c1OC(S)N(C)C. The van der Waals surface area contributed by atoms with Crippen LogP contribution in [0.4, 0.5) is 0 Å². The zero-order valence-corrected chi connectivity index (χ0v) is 10.4. The van der Waals surface area contributed by atoms with Gasteiger partial charge in [0.05, 0.1) is 12.7 Å². The van der Waals surface area contributed by atoms with Crippen LogP contribution in [0.2, 0.25) is 0 Å². The molecule has 0 heterocycles. The lowest BCUT2D eigenvalue weighted by atomic mass is 10.2. The van der Waals surface area contributed by atoms with Crippen molar-refractivity contribution in [2.24, 2.45) is 0 Å². The molecule has 0 fully saturated rings. The topological polar surface area (TPSA) is 38.8 Å². The highest BCUT2D eigenvalue weighted by atomic mass is 32.1.